The van der Waals surface area contributed by atoms with Crippen LogP contribution in [0, 0.1) is 12.8 Å². The maximum Gasteiger partial charge on any atom is 0.311 e. The van der Waals surface area contributed by atoms with Crippen molar-refractivity contribution in [1.29, 1.82) is 0 Å². The maximum absolute atomic E-state index is 13.3. The highest BCUT2D eigenvalue weighted by molar-refractivity contribution is 5.97. The van der Waals surface area contributed by atoms with Gasteiger partial charge in [0.25, 0.3) is 5.91 Å². The highest BCUT2D eigenvalue weighted by atomic mass is 16.5. The van der Waals surface area contributed by atoms with Crippen molar-refractivity contribution in [3.05, 3.63) is 89.5 Å². The van der Waals surface area contributed by atoms with Gasteiger partial charge in [0.05, 0.1) is 19.1 Å². The molecule has 3 aromatic rings. The van der Waals surface area contributed by atoms with Gasteiger partial charge in [-0.15, -0.1) is 0 Å². The fourth-order valence-electron chi connectivity index (χ4n) is 4.60. The molecule has 1 N–H and O–H groups in total. The molecule has 1 aliphatic heterocycles. The third-order valence-corrected chi connectivity index (χ3v) is 6.66. The molecule has 0 aliphatic carbocycles. The topological polar surface area (TPSA) is 84.9 Å². The number of ether oxygens (including phenoxy) is 2. The number of carbonyl (C=O) groups excluding carboxylic acids is 3. The second-order valence-electron chi connectivity index (χ2n) is 9.17. The van der Waals surface area contributed by atoms with E-state index in [0.29, 0.717) is 23.5 Å². The Morgan fingerprint density at radius 2 is 1.65 bits per heavy atom. The van der Waals surface area contributed by atoms with Crippen LogP contribution in [0.4, 0.5) is 11.4 Å². The maximum atomic E-state index is 13.3. The van der Waals surface area contributed by atoms with Crippen LogP contribution in [0.3, 0.4) is 0 Å². The van der Waals surface area contributed by atoms with Crippen LogP contribution in [0.25, 0.3) is 0 Å². The molecule has 3 aromatic carbocycles. The zero-order valence-electron chi connectivity index (χ0n) is 21.4. The largest absolute Gasteiger partial charge is 0.497 e. The first-order valence-electron chi connectivity index (χ1n) is 12.5. The van der Waals surface area contributed by atoms with Crippen LogP contribution in [0.5, 0.6) is 5.75 Å². The third-order valence-electron chi connectivity index (χ3n) is 6.66. The van der Waals surface area contributed by atoms with Crippen LogP contribution in [-0.2, 0) is 25.5 Å². The fraction of sp³-hybridized carbons (Fsp3) is 0.300. The molecule has 2 atom stereocenters. The molecule has 2 unspecified atom stereocenters. The fourth-order valence-corrected chi connectivity index (χ4v) is 4.60. The number of anilines is 2. The molecule has 0 spiro atoms. The molecule has 2 amide bonds. The normalized spacial score (nSPS) is 17.3. The van der Waals surface area contributed by atoms with Crippen molar-refractivity contribution in [2.24, 2.45) is 5.92 Å². The summed E-state index contributed by atoms with van der Waals surface area (Å²) in [6, 6.07) is 21.9. The van der Waals surface area contributed by atoms with Crippen LogP contribution in [0.2, 0.25) is 0 Å². The lowest BCUT2D eigenvalue weighted by Crippen LogP contribution is -2.46. The van der Waals surface area contributed by atoms with E-state index in [1.54, 1.807) is 24.1 Å². The van der Waals surface area contributed by atoms with Gasteiger partial charge >= 0.3 is 5.97 Å². The van der Waals surface area contributed by atoms with Crippen LogP contribution in [-0.4, -0.2) is 31.5 Å². The van der Waals surface area contributed by atoms with Crippen molar-refractivity contribution in [3.8, 4) is 5.75 Å². The smallest absolute Gasteiger partial charge is 0.311 e. The van der Waals surface area contributed by atoms with Crippen molar-refractivity contribution < 1.29 is 23.9 Å². The van der Waals surface area contributed by atoms with Gasteiger partial charge in [-0.25, -0.2) is 0 Å². The number of benzene rings is 3. The van der Waals surface area contributed by atoms with Crippen molar-refractivity contribution in [2.45, 2.75) is 39.2 Å². The number of esters is 1. The molecule has 0 bridgehead atoms. The molecule has 0 radical (unpaired) electrons. The minimum atomic E-state index is -0.635. The average Bonchev–Trinajstić information content (AvgIpc) is 2.92. The molecular weight excluding hydrogens is 468 g/mol. The minimum absolute atomic E-state index is 0.0676. The van der Waals surface area contributed by atoms with E-state index in [0.717, 1.165) is 17.5 Å². The molecular formula is C30H32N2O5. The Kier molecular flexibility index (Phi) is 8.23. The number of nitrogens with zero attached hydrogens (tertiary/aromatic N) is 1. The summed E-state index contributed by atoms with van der Waals surface area (Å²) in [6.07, 6.45) is 1.44. The first-order chi connectivity index (χ1) is 17.9. The molecule has 1 fully saturated rings. The van der Waals surface area contributed by atoms with Gasteiger partial charge in [0.1, 0.15) is 5.75 Å². The molecule has 37 heavy (non-hydrogen) atoms. The second kappa shape index (κ2) is 11.7. The summed E-state index contributed by atoms with van der Waals surface area (Å²) in [6.45, 7) is 3.63. The van der Waals surface area contributed by atoms with E-state index >= 15 is 0 Å². The number of nitrogens with one attached hydrogen (secondary N) is 1. The number of piperidine rings is 1. The van der Waals surface area contributed by atoms with E-state index in [1.807, 2.05) is 67.6 Å². The van der Waals surface area contributed by atoms with Gasteiger partial charge in [-0.2, -0.15) is 0 Å². The monoisotopic (exact) mass is 500 g/mol. The van der Waals surface area contributed by atoms with Gasteiger partial charge in [0.15, 0.2) is 6.61 Å². The zero-order chi connectivity index (χ0) is 26.4. The summed E-state index contributed by atoms with van der Waals surface area (Å²) in [7, 11) is 1.58. The van der Waals surface area contributed by atoms with Crippen molar-refractivity contribution in [1.82, 2.24) is 0 Å². The summed E-state index contributed by atoms with van der Waals surface area (Å²) in [5.41, 5.74) is 4.38. The SMILES string of the molecule is CCc1ccc(NC(=O)COC(=O)C2CCC(=O)N(c3ccc(C)cc3)C2c2ccc(OC)cc2)cc1. The molecule has 192 valence electrons. The highest BCUT2D eigenvalue weighted by Gasteiger charge is 2.42. The Bertz CT molecular complexity index is 1240. The van der Waals surface area contributed by atoms with E-state index in [9.17, 15) is 14.4 Å². The number of rotatable bonds is 8. The summed E-state index contributed by atoms with van der Waals surface area (Å²) in [4.78, 5) is 40.6. The number of methoxy groups -OCH3 is 1. The van der Waals surface area contributed by atoms with E-state index in [-0.39, 0.29) is 12.3 Å². The number of amides is 2. The zero-order valence-corrected chi connectivity index (χ0v) is 21.4. The molecule has 7 heteroatoms. The van der Waals surface area contributed by atoms with Gasteiger partial charge < -0.3 is 19.7 Å². The first-order valence-corrected chi connectivity index (χ1v) is 12.5. The summed E-state index contributed by atoms with van der Waals surface area (Å²) >= 11 is 0. The van der Waals surface area contributed by atoms with Crippen LogP contribution in [0.15, 0.2) is 72.8 Å². The van der Waals surface area contributed by atoms with Crippen molar-refractivity contribution in [3.63, 3.8) is 0 Å². The number of hydrogen-bond donors (Lipinski definition) is 1. The van der Waals surface area contributed by atoms with E-state index < -0.39 is 30.4 Å². The summed E-state index contributed by atoms with van der Waals surface area (Å²) in [5.74, 6) is -0.954. The van der Waals surface area contributed by atoms with Crippen LogP contribution in [0.1, 0.15) is 42.5 Å². The predicted octanol–water partition coefficient (Wildman–Crippen LogP) is 5.23. The molecule has 0 aromatic heterocycles. The van der Waals surface area contributed by atoms with E-state index in [1.165, 1.54) is 5.56 Å². The van der Waals surface area contributed by atoms with Gasteiger partial charge in [-0.3, -0.25) is 14.4 Å². The molecule has 0 saturated carbocycles. The van der Waals surface area contributed by atoms with Gasteiger partial charge in [0.2, 0.25) is 5.91 Å². The highest BCUT2D eigenvalue weighted by Crippen LogP contribution is 2.41. The van der Waals surface area contributed by atoms with Gasteiger partial charge in [0, 0.05) is 17.8 Å². The number of hydrogen-bond acceptors (Lipinski definition) is 5. The molecule has 4 rings (SSSR count). The lowest BCUT2D eigenvalue weighted by molar-refractivity contribution is -0.153. The standard InChI is InChI=1S/C30H32N2O5/c1-4-21-7-11-23(12-8-21)31-27(33)19-37-30(35)26-17-18-28(34)32(24-13-5-20(2)6-14-24)29(26)22-9-15-25(36-3)16-10-22/h5-16,26,29H,4,17-19H2,1-3H3,(H,31,33). The van der Waals surface area contributed by atoms with Gasteiger partial charge in [-0.1, -0.05) is 48.9 Å². The summed E-state index contributed by atoms with van der Waals surface area (Å²) in [5, 5.41) is 2.76. The summed E-state index contributed by atoms with van der Waals surface area (Å²) < 4.78 is 10.8. The lowest BCUT2D eigenvalue weighted by Gasteiger charge is -2.40. The predicted molar refractivity (Wildman–Crippen MR) is 143 cm³/mol. The third kappa shape index (κ3) is 6.17. The first kappa shape index (κ1) is 25.9. The molecule has 7 nitrogen and oxygen atoms in total. The Hall–Kier alpha value is -4.13. The lowest BCUT2D eigenvalue weighted by atomic mass is 9.83. The Labute approximate surface area is 217 Å². The van der Waals surface area contributed by atoms with E-state index in [4.69, 9.17) is 9.47 Å². The number of carbonyl (C=O) groups is 3. The van der Waals surface area contributed by atoms with Crippen molar-refractivity contribution >= 4 is 29.2 Å². The number of aryl methyl sites for hydroxylation is 2. The average molecular weight is 501 g/mol. The Morgan fingerprint density at radius 1 is 0.973 bits per heavy atom. The van der Waals surface area contributed by atoms with E-state index in [2.05, 4.69) is 12.2 Å². The molecule has 1 aliphatic rings. The van der Waals surface area contributed by atoms with Gasteiger partial charge in [-0.05, 0) is 67.3 Å². The van der Waals surface area contributed by atoms with Crippen LogP contribution >= 0.6 is 0 Å². The van der Waals surface area contributed by atoms with Crippen molar-refractivity contribution in [2.75, 3.05) is 23.9 Å². The second-order valence-corrected chi connectivity index (χ2v) is 9.17. The molecule has 1 heterocycles. The molecule has 1 saturated heterocycles. The van der Waals surface area contributed by atoms with Crippen LogP contribution < -0.4 is 15.0 Å². The Balaban J connectivity index is 1.54. The Morgan fingerprint density at radius 3 is 2.27 bits per heavy atom. The quantitative estimate of drug-likeness (QED) is 0.428. The minimum Gasteiger partial charge on any atom is -0.497 e.